The van der Waals surface area contributed by atoms with E-state index in [9.17, 15) is 4.79 Å². The molecule has 6 nitrogen and oxygen atoms in total. The van der Waals surface area contributed by atoms with Crippen LogP contribution in [0.2, 0.25) is 0 Å². The summed E-state index contributed by atoms with van der Waals surface area (Å²) >= 11 is 0. The summed E-state index contributed by atoms with van der Waals surface area (Å²) in [5, 5.41) is 5.84. The van der Waals surface area contributed by atoms with E-state index in [1.807, 2.05) is 55.6 Å². The highest BCUT2D eigenvalue weighted by molar-refractivity contribution is 5.74. The Bertz CT molecular complexity index is 696. The number of amides is 2. The number of piperazine rings is 1. The van der Waals surface area contributed by atoms with Crippen molar-refractivity contribution in [2.24, 2.45) is 0 Å². The van der Waals surface area contributed by atoms with Gasteiger partial charge in [0.15, 0.2) is 0 Å². The molecule has 1 atom stereocenters. The van der Waals surface area contributed by atoms with Crippen molar-refractivity contribution in [3.05, 3.63) is 59.8 Å². The van der Waals surface area contributed by atoms with E-state index in [1.165, 1.54) is 0 Å². The number of nitrogens with zero attached hydrogens (tertiary/aromatic N) is 3. The minimum Gasteiger partial charge on any atom is -0.354 e. The number of pyridine rings is 1. The molecule has 0 saturated carbocycles. The molecule has 1 saturated heterocycles. The second-order valence-corrected chi connectivity index (χ2v) is 6.77. The Labute approximate surface area is 155 Å². The molecular weight excluding hydrogens is 326 g/mol. The lowest BCUT2D eigenvalue weighted by Crippen LogP contribution is -2.44. The second-order valence-electron chi connectivity index (χ2n) is 6.77. The Kier molecular flexibility index (Phi) is 6.07. The number of aromatic nitrogens is 1. The van der Waals surface area contributed by atoms with Crippen LogP contribution in [0.4, 0.5) is 10.6 Å². The van der Waals surface area contributed by atoms with Crippen LogP contribution in [0.25, 0.3) is 0 Å². The largest absolute Gasteiger partial charge is 0.354 e. The average Bonchev–Trinajstić information content (AvgIpc) is 2.68. The molecule has 2 N–H and O–H groups in total. The molecule has 1 aromatic carbocycles. The lowest BCUT2D eigenvalue weighted by atomic mass is 10.1. The summed E-state index contributed by atoms with van der Waals surface area (Å²) < 4.78 is 0. The van der Waals surface area contributed by atoms with Crippen molar-refractivity contribution in [3.63, 3.8) is 0 Å². The van der Waals surface area contributed by atoms with E-state index in [2.05, 4.69) is 32.5 Å². The van der Waals surface area contributed by atoms with Gasteiger partial charge in [-0.3, -0.25) is 0 Å². The number of rotatable bonds is 5. The maximum atomic E-state index is 12.1. The number of urea groups is 1. The van der Waals surface area contributed by atoms with Gasteiger partial charge in [-0.1, -0.05) is 36.4 Å². The first-order valence-corrected chi connectivity index (χ1v) is 9.09. The number of hydrogen-bond acceptors (Lipinski definition) is 4. The Morgan fingerprint density at radius 3 is 2.50 bits per heavy atom. The van der Waals surface area contributed by atoms with Crippen LogP contribution in [0.5, 0.6) is 0 Å². The molecule has 1 unspecified atom stereocenters. The van der Waals surface area contributed by atoms with Crippen LogP contribution in [-0.4, -0.2) is 49.1 Å². The van der Waals surface area contributed by atoms with Crippen LogP contribution in [0.15, 0.2) is 48.7 Å². The number of benzene rings is 1. The summed E-state index contributed by atoms with van der Waals surface area (Å²) in [5.41, 5.74) is 2.08. The molecule has 1 aromatic heterocycles. The fraction of sp³-hybridized carbons (Fsp3) is 0.400. The van der Waals surface area contributed by atoms with Crippen LogP contribution in [0.3, 0.4) is 0 Å². The molecule has 0 radical (unpaired) electrons. The molecule has 2 amide bonds. The van der Waals surface area contributed by atoms with E-state index in [-0.39, 0.29) is 12.1 Å². The van der Waals surface area contributed by atoms with Gasteiger partial charge >= 0.3 is 6.03 Å². The Morgan fingerprint density at radius 1 is 1.12 bits per heavy atom. The minimum absolute atomic E-state index is 0.0334. The topological polar surface area (TPSA) is 60.5 Å². The smallest absolute Gasteiger partial charge is 0.315 e. The van der Waals surface area contributed by atoms with E-state index in [0.717, 1.165) is 43.1 Å². The summed E-state index contributed by atoms with van der Waals surface area (Å²) in [5.74, 6) is 1.00. The zero-order chi connectivity index (χ0) is 18.4. The van der Waals surface area contributed by atoms with Crippen LogP contribution in [0.1, 0.15) is 24.1 Å². The monoisotopic (exact) mass is 353 g/mol. The van der Waals surface area contributed by atoms with Crippen molar-refractivity contribution >= 4 is 11.8 Å². The molecule has 1 fully saturated rings. The van der Waals surface area contributed by atoms with Gasteiger partial charge < -0.3 is 20.4 Å². The first kappa shape index (κ1) is 18.2. The van der Waals surface area contributed by atoms with Crippen molar-refractivity contribution in [2.45, 2.75) is 19.5 Å². The van der Waals surface area contributed by atoms with Crippen molar-refractivity contribution < 1.29 is 4.79 Å². The van der Waals surface area contributed by atoms with Gasteiger partial charge in [-0.15, -0.1) is 0 Å². The summed E-state index contributed by atoms with van der Waals surface area (Å²) in [4.78, 5) is 21.3. The Hall–Kier alpha value is -2.60. The minimum atomic E-state index is -0.176. The third-order valence-electron chi connectivity index (χ3n) is 4.74. The molecule has 2 heterocycles. The van der Waals surface area contributed by atoms with Crippen LogP contribution >= 0.6 is 0 Å². The Balaban J connectivity index is 1.46. The molecule has 1 aliphatic rings. The zero-order valence-electron chi connectivity index (χ0n) is 15.5. The van der Waals surface area contributed by atoms with Gasteiger partial charge in [-0.25, -0.2) is 9.78 Å². The number of anilines is 1. The van der Waals surface area contributed by atoms with Crippen LogP contribution in [0, 0.1) is 0 Å². The molecule has 26 heavy (non-hydrogen) atoms. The fourth-order valence-corrected chi connectivity index (χ4v) is 3.00. The summed E-state index contributed by atoms with van der Waals surface area (Å²) in [7, 11) is 2.14. The van der Waals surface area contributed by atoms with E-state index in [0.29, 0.717) is 6.54 Å². The highest BCUT2D eigenvalue weighted by Crippen LogP contribution is 2.14. The van der Waals surface area contributed by atoms with Gasteiger partial charge in [-0.2, -0.15) is 0 Å². The lowest BCUT2D eigenvalue weighted by Gasteiger charge is -2.33. The van der Waals surface area contributed by atoms with Crippen molar-refractivity contribution in [2.75, 3.05) is 38.1 Å². The molecule has 2 aromatic rings. The molecule has 1 aliphatic heterocycles. The standard InChI is InChI=1S/C20H27N5O/c1-16(18-6-4-3-5-7-18)23-20(26)22-15-17-8-9-19(21-14-17)25-12-10-24(2)11-13-25/h3-9,14,16H,10-13,15H2,1-2H3,(H2,22,23,26). The number of carbonyl (C=O) groups excluding carboxylic acids is 1. The molecule has 3 rings (SSSR count). The maximum absolute atomic E-state index is 12.1. The quantitative estimate of drug-likeness (QED) is 0.867. The molecule has 0 spiro atoms. The first-order valence-electron chi connectivity index (χ1n) is 9.09. The van der Waals surface area contributed by atoms with E-state index in [1.54, 1.807) is 0 Å². The third kappa shape index (κ3) is 4.95. The lowest BCUT2D eigenvalue weighted by molar-refractivity contribution is 0.237. The summed E-state index contributed by atoms with van der Waals surface area (Å²) in [6.45, 7) is 6.56. The molecule has 6 heteroatoms. The van der Waals surface area contributed by atoms with Gasteiger partial charge in [0.1, 0.15) is 5.82 Å². The zero-order valence-corrected chi connectivity index (χ0v) is 15.5. The van der Waals surface area contributed by atoms with Gasteiger partial charge in [0, 0.05) is 38.9 Å². The van der Waals surface area contributed by atoms with Gasteiger partial charge in [0.25, 0.3) is 0 Å². The van der Waals surface area contributed by atoms with Crippen molar-refractivity contribution in [1.29, 1.82) is 0 Å². The molecule has 138 valence electrons. The van der Waals surface area contributed by atoms with Gasteiger partial charge in [0.05, 0.1) is 6.04 Å². The van der Waals surface area contributed by atoms with E-state index >= 15 is 0 Å². The van der Waals surface area contributed by atoms with E-state index in [4.69, 9.17) is 0 Å². The third-order valence-corrected chi connectivity index (χ3v) is 4.74. The van der Waals surface area contributed by atoms with E-state index < -0.39 is 0 Å². The molecule has 0 aliphatic carbocycles. The normalized spacial score (nSPS) is 16.2. The molecule has 0 bridgehead atoms. The maximum Gasteiger partial charge on any atom is 0.315 e. The number of carbonyl (C=O) groups is 1. The fourth-order valence-electron chi connectivity index (χ4n) is 3.00. The van der Waals surface area contributed by atoms with Crippen molar-refractivity contribution in [1.82, 2.24) is 20.5 Å². The number of nitrogens with one attached hydrogen (secondary N) is 2. The SMILES string of the molecule is CC(NC(=O)NCc1ccc(N2CCN(C)CC2)nc1)c1ccccc1. The predicted octanol–water partition coefficient (Wildman–Crippen LogP) is 2.39. The highest BCUT2D eigenvalue weighted by Gasteiger charge is 2.15. The summed E-state index contributed by atoms with van der Waals surface area (Å²) in [6, 6.07) is 13.8. The number of hydrogen-bond donors (Lipinski definition) is 2. The van der Waals surface area contributed by atoms with Gasteiger partial charge in [-0.05, 0) is 31.2 Å². The predicted molar refractivity (Wildman–Crippen MR) is 104 cm³/mol. The summed E-state index contributed by atoms with van der Waals surface area (Å²) in [6.07, 6.45) is 1.84. The van der Waals surface area contributed by atoms with Crippen LogP contribution < -0.4 is 15.5 Å². The second kappa shape index (κ2) is 8.67. The Morgan fingerprint density at radius 2 is 1.85 bits per heavy atom. The van der Waals surface area contributed by atoms with Crippen molar-refractivity contribution in [3.8, 4) is 0 Å². The number of likely N-dealkylation sites (N-methyl/N-ethyl adjacent to an activating group) is 1. The first-order chi connectivity index (χ1) is 12.6. The highest BCUT2D eigenvalue weighted by atomic mass is 16.2. The average molecular weight is 353 g/mol. The van der Waals surface area contributed by atoms with Gasteiger partial charge in [0.2, 0.25) is 0 Å². The van der Waals surface area contributed by atoms with Crippen LogP contribution in [-0.2, 0) is 6.54 Å². The molecular formula is C20H27N5O.